The fraction of sp³-hybridized carbons (Fsp3) is 0. The molecular weight excluding hydrogens is 337 g/mol. The summed E-state index contributed by atoms with van der Waals surface area (Å²) in [5.41, 5.74) is 2.77. The number of carbonyl (C=O) groups is 1. The van der Waals surface area contributed by atoms with E-state index in [9.17, 15) is 14.0 Å². The minimum absolute atomic E-state index is 0.167. The third-order valence-corrected chi connectivity index (χ3v) is 3.83. The third kappa shape index (κ3) is 2.63. The SMILES string of the molecule is O=C(Nn1cnc2c(cnn2-c2ccccc2)c1=O)c1ccccc1F. The van der Waals surface area contributed by atoms with Crippen LogP contribution in [0.5, 0.6) is 0 Å². The summed E-state index contributed by atoms with van der Waals surface area (Å²) in [5, 5.41) is 4.41. The summed E-state index contributed by atoms with van der Waals surface area (Å²) in [5.74, 6) is -1.43. The molecule has 4 rings (SSSR count). The molecule has 0 bridgehead atoms. The van der Waals surface area contributed by atoms with Gasteiger partial charge in [0.05, 0.1) is 17.4 Å². The van der Waals surface area contributed by atoms with Crippen molar-refractivity contribution in [1.82, 2.24) is 19.4 Å². The summed E-state index contributed by atoms with van der Waals surface area (Å²) >= 11 is 0. The van der Waals surface area contributed by atoms with Gasteiger partial charge in [-0.15, -0.1) is 0 Å². The lowest BCUT2D eigenvalue weighted by molar-refractivity contribution is 0.100. The second kappa shape index (κ2) is 6.25. The maximum Gasteiger partial charge on any atom is 0.283 e. The molecule has 2 heterocycles. The van der Waals surface area contributed by atoms with Crippen LogP contribution >= 0.6 is 0 Å². The number of hydrogen-bond donors (Lipinski definition) is 1. The summed E-state index contributed by atoms with van der Waals surface area (Å²) in [6, 6.07) is 14.7. The lowest BCUT2D eigenvalue weighted by atomic mass is 10.2. The summed E-state index contributed by atoms with van der Waals surface area (Å²) in [7, 11) is 0. The van der Waals surface area contributed by atoms with E-state index in [1.54, 1.807) is 0 Å². The summed E-state index contributed by atoms with van der Waals surface area (Å²) in [4.78, 5) is 29.0. The summed E-state index contributed by atoms with van der Waals surface area (Å²) in [6.07, 6.45) is 2.55. The van der Waals surface area contributed by atoms with Gasteiger partial charge in [-0.3, -0.25) is 15.0 Å². The van der Waals surface area contributed by atoms with E-state index in [1.807, 2.05) is 30.3 Å². The molecule has 0 spiro atoms. The molecule has 2 aromatic heterocycles. The van der Waals surface area contributed by atoms with Crippen LogP contribution in [0.3, 0.4) is 0 Å². The van der Waals surface area contributed by atoms with Crippen molar-refractivity contribution >= 4 is 16.9 Å². The predicted octanol–water partition coefficient (Wildman–Crippen LogP) is 2.11. The molecule has 0 aliphatic rings. The van der Waals surface area contributed by atoms with E-state index in [0.717, 1.165) is 10.4 Å². The fourth-order valence-corrected chi connectivity index (χ4v) is 2.56. The van der Waals surface area contributed by atoms with Crippen molar-refractivity contribution in [3.8, 4) is 5.69 Å². The van der Waals surface area contributed by atoms with Crippen LogP contribution in [0.15, 0.2) is 71.9 Å². The number of carbonyl (C=O) groups excluding carboxylic acids is 1. The molecule has 7 nitrogen and oxygen atoms in total. The van der Waals surface area contributed by atoms with Crippen molar-refractivity contribution in [2.24, 2.45) is 0 Å². The monoisotopic (exact) mass is 349 g/mol. The van der Waals surface area contributed by atoms with Gasteiger partial charge in [0.2, 0.25) is 0 Å². The van der Waals surface area contributed by atoms with Gasteiger partial charge in [-0.2, -0.15) is 5.10 Å². The predicted molar refractivity (Wildman–Crippen MR) is 93.2 cm³/mol. The molecule has 0 aliphatic heterocycles. The maximum atomic E-state index is 13.7. The fourth-order valence-electron chi connectivity index (χ4n) is 2.56. The Hall–Kier alpha value is -3.81. The highest BCUT2D eigenvalue weighted by molar-refractivity contribution is 6.00. The minimum atomic E-state index is -0.748. The summed E-state index contributed by atoms with van der Waals surface area (Å²) < 4.78 is 16.1. The van der Waals surface area contributed by atoms with Crippen LogP contribution in [0.1, 0.15) is 10.4 Å². The number of halogens is 1. The highest BCUT2D eigenvalue weighted by Crippen LogP contribution is 2.13. The van der Waals surface area contributed by atoms with Crippen LogP contribution in [0.2, 0.25) is 0 Å². The normalized spacial score (nSPS) is 10.8. The van der Waals surface area contributed by atoms with E-state index in [2.05, 4.69) is 15.5 Å². The molecule has 0 saturated carbocycles. The van der Waals surface area contributed by atoms with Crippen LogP contribution in [0, 0.1) is 5.82 Å². The first-order valence-electron chi connectivity index (χ1n) is 7.72. The van der Waals surface area contributed by atoms with Gasteiger partial charge in [-0.1, -0.05) is 30.3 Å². The van der Waals surface area contributed by atoms with Crippen LogP contribution in [0.25, 0.3) is 16.7 Å². The third-order valence-electron chi connectivity index (χ3n) is 3.83. The molecular formula is C18H12FN5O2. The standard InChI is InChI=1S/C18H12FN5O2/c19-15-9-5-4-8-13(15)17(25)22-23-11-20-16-14(18(23)26)10-21-24(16)12-6-2-1-3-7-12/h1-11H,(H,22,25). The second-order valence-electron chi connectivity index (χ2n) is 5.47. The number of rotatable bonds is 3. The molecule has 8 heteroatoms. The zero-order valence-corrected chi connectivity index (χ0v) is 13.3. The first-order valence-corrected chi connectivity index (χ1v) is 7.72. The van der Waals surface area contributed by atoms with Gasteiger partial charge in [-0.25, -0.2) is 18.7 Å². The Morgan fingerprint density at radius 1 is 1.04 bits per heavy atom. The molecule has 0 saturated heterocycles. The zero-order chi connectivity index (χ0) is 18.1. The van der Waals surface area contributed by atoms with Gasteiger partial charge < -0.3 is 0 Å². The average Bonchev–Trinajstić information content (AvgIpc) is 3.10. The summed E-state index contributed by atoms with van der Waals surface area (Å²) in [6.45, 7) is 0. The number of aromatic nitrogens is 4. The van der Waals surface area contributed by atoms with Crippen molar-refractivity contribution in [1.29, 1.82) is 0 Å². The van der Waals surface area contributed by atoms with Crippen LogP contribution < -0.4 is 11.0 Å². The van der Waals surface area contributed by atoms with Gasteiger partial charge in [-0.05, 0) is 24.3 Å². The maximum absolute atomic E-state index is 13.7. The Morgan fingerprint density at radius 2 is 1.77 bits per heavy atom. The number of benzene rings is 2. The van der Waals surface area contributed by atoms with Crippen LogP contribution in [-0.2, 0) is 0 Å². The first kappa shape index (κ1) is 15.7. The smallest absolute Gasteiger partial charge is 0.267 e. The second-order valence-corrected chi connectivity index (χ2v) is 5.47. The largest absolute Gasteiger partial charge is 0.283 e. The van der Waals surface area contributed by atoms with Crippen LogP contribution in [-0.4, -0.2) is 25.3 Å². The Labute approximate surface area is 146 Å². The highest BCUT2D eigenvalue weighted by atomic mass is 19.1. The molecule has 0 unspecified atom stereocenters. The molecule has 4 aromatic rings. The number of nitrogens with one attached hydrogen (secondary N) is 1. The lowest BCUT2D eigenvalue weighted by Crippen LogP contribution is -2.33. The van der Waals surface area contributed by atoms with E-state index >= 15 is 0 Å². The average molecular weight is 349 g/mol. The molecule has 1 N–H and O–H groups in total. The number of nitrogens with zero attached hydrogens (tertiary/aromatic N) is 4. The highest BCUT2D eigenvalue weighted by Gasteiger charge is 2.15. The van der Waals surface area contributed by atoms with Crippen molar-refractivity contribution in [3.05, 3.63) is 88.9 Å². The number of amides is 1. The van der Waals surface area contributed by atoms with Crippen molar-refractivity contribution in [2.45, 2.75) is 0 Å². The van der Waals surface area contributed by atoms with E-state index in [0.29, 0.717) is 5.65 Å². The first-order chi connectivity index (χ1) is 12.6. The Kier molecular flexibility index (Phi) is 3.77. The van der Waals surface area contributed by atoms with E-state index in [1.165, 1.54) is 41.5 Å². The quantitative estimate of drug-likeness (QED) is 0.614. The van der Waals surface area contributed by atoms with Gasteiger partial charge in [0.1, 0.15) is 17.5 Å². The minimum Gasteiger partial charge on any atom is -0.267 e. The Bertz CT molecular complexity index is 1170. The molecule has 26 heavy (non-hydrogen) atoms. The number of fused-ring (bicyclic) bond motifs is 1. The van der Waals surface area contributed by atoms with E-state index < -0.39 is 17.3 Å². The van der Waals surface area contributed by atoms with Crippen LogP contribution in [0.4, 0.5) is 4.39 Å². The van der Waals surface area contributed by atoms with Crippen molar-refractivity contribution < 1.29 is 9.18 Å². The van der Waals surface area contributed by atoms with E-state index in [4.69, 9.17) is 0 Å². The number of para-hydroxylation sites is 1. The lowest BCUT2D eigenvalue weighted by Gasteiger charge is -2.08. The van der Waals surface area contributed by atoms with Gasteiger partial charge in [0, 0.05) is 0 Å². The van der Waals surface area contributed by atoms with Gasteiger partial charge >= 0.3 is 0 Å². The molecule has 2 aromatic carbocycles. The van der Waals surface area contributed by atoms with Crippen molar-refractivity contribution in [3.63, 3.8) is 0 Å². The molecule has 1 amide bonds. The molecule has 0 fully saturated rings. The molecule has 0 radical (unpaired) electrons. The van der Waals surface area contributed by atoms with E-state index in [-0.39, 0.29) is 10.9 Å². The van der Waals surface area contributed by atoms with Crippen molar-refractivity contribution in [2.75, 3.05) is 5.43 Å². The molecule has 0 atom stereocenters. The number of hydrogen-bond acceptors (Lipinski definition) is 4. The molecule has 128 valence electrons. The topological polar surface area (TPSA) is 81.8 Å². The molecule has 0 aliphatic carbocycles. The van der Waals surface area contributed by atoms with Gasteiger partial charge in [0.25, 0.3) is 11.5 Å². The zero-order valence-electron chi connectivity index (χ0n) is 13.3. The Balaban J connectivity index is 1.72. The van der Waals surface area contributed by atoms with Gasteiger partial charge in [0.15, 0.2) is 5.65 Å². The Morgan fingerprint density at radius 3 is 2.54 bits per heavy atom.